The smallest absolute Gasteiger partial charge is 0.122 e. The summed E-state index contributed by atoms with van der Waals surface area (Å²) in [6.45, 7) is 8.88. The fraction of sp³-hybridized carbons (Fsp3) is 0.647. The molecule has 0 aromatic heterocycles. The van der Waals surface area contributed by atoms with E-state index in [1.807, 2.05) is 12.1 Å². The monoisotopic (exact) mass is 278 g/mol. The summed E-state index contributed by atoms with van der Waals surface area (Å²) in [7, 11) is 3.96. The minimum Gasteiger partial charge on any atom is -0.496 e. The molecule has 0 spiro atoms. The summed E-state index contributed by atoms with van der Waals surface area (Å²) in [5.41, 5.74) is 1.29. The van der Waals surface area contributed by atoms with Crippen LogP contribution in [0.2, 0.25) is 0 Å². The number of hydrogen-bond acceptors (Lipinski definition) is 3. The summed E-state index contributed by atoms with van der Waals surface area (Å²) < 4.78 is 5.44. The Kier molecular flexibility index (Phi) is 7.63. The van der Waals surface area contributed by atoms with Gasteiger partial charge in [0.1, 0.15) is 5.75 Å². The molecule has 0 aliphatic carbocycles. The number of hydrogen-bond donors (Lipinski definition) is 1. The first-order chi connectivity index (χ1) is 9.60. The van der Waals surface area contributed by atoms with Crippen LogP contribution in [0, 0.1) is 0 Å². The van der Waals surface area contributed by atoms with Gasteiger partial charge < -0.3 is 15.0 Å². The Hall–Kier alpha value is -1.06. The predicted molar refractivity (Wildman–Crippen MR) is 86.5 cm³/mol. The van der Waals surface area contributed by atoms with Crippen LogP contribution in [0.3, 0.4) is 0 Å². The van der Waals surface area contributed by atoms with E-state index in [-0.39, 0.29) is 0 Å². The molecule has 1 N–H and O–H groups in total. The van der Waals surface area contributed by atoms with E-state index in [0.29, 0.717) is 12.1 Å². The van der Waals surface area contributed by atoms with Gasteiger partial charge in [0.25, 0.3) is 0 Å². The number of methoxy groups -OCH3 is 1. The number of nitrogens with zero attached hydrogens (tertiary/aromatic N) is 1. The first-order valence-electron chi connectivity index (χ1n) is 7.64. The summed E-state index contributed by atoms with van der Waals surface area (Å²) in [5, 5.41) is 3.39. The Labute approximate surface area is 124 Å². The Morgan fingerprint density at radius 2 is 1.90 bits per heavy atom. The summed E-state index contributed by atoms with van der Waals surface area (Å²) in [6.07, 6.45) is 2.20. The van der Waals surface area contributed by atoms with Crippen molar-refractivity contribution in [3.05, 3.63) is 29.8 Å². The summed E-state index contributed by atoms with van der Waals surface area (Å²) in [6, 6.07) is 9.39. The van der Waals surface area contributed by atoms with Gasteiger partial charge in [-0.25, -0.2) is 0 Å². The lowest BCUT2D eigenvalue weighted by molar-refractivity contribution is 0.185. The minimum atomic E-state index is 0.503. The third kappa shape index (κ3) is 5.14. The molecule has 0 bridgehead atoms. The van der Waals surface area contributed by atoms with Crippen LogP contribution in [0.15, 0.2) is 24.3 Å². The van der Waals surface area contributed by atoms with E-state index < -0.39 is 0 Å². The van der Waals surface area contributed by atoms with Crippen molar-refractivity contribution in [3.63, 3.8) is 0 Å². The van der Waals surface area contributed by atoms with E-state index in [2.05, 4.69) is 50.2 Å². The average molecular weight is 278 g/mol. The number of rotatable bonds is 9. The zero-order chi connectivity index (χ0) is 15.0. The van der Waals surface area contributed by atoms with Crippen LogP contribution in [0.1, 0.15) is 32.8 Å². The maximum Gasteiger partial charge on any atom is 0.122 e. The van der Waals surface area contributed by atoms with E-state index in [9.17, 15) is 0 Å². The number of likely N-dealkylation sites (N-methyl/N-ethyl adjacent to an activating group) is 1. The molecule has 1 rings (SSSR count). The SMILES string of the molecule is CCNCCC(C)N(C)C(C)Cc1ccccc1OC. The summed E-state index contributed by atoms with van der Waals surface area (Å²) in [4.78, 5) is 2.46. The van der Waals surface area contributed by atoms with Crippen LogP contribution in [-0.4, -0.2) is 44.2 Å². The van der Waals surface area contributed by atoms with Gasteiger partial charge in [0, 0.05) is 12.1 Å². The lowest BCUT2D eigenvalue weighted by atomic mass is 10.0. The predicted octanol–water partition coefficient (Wildman–Crippen LogP) is 2.95. The van der Waals surface area contributed by atoms with Gasteiger partial charge in [-0.15, -0.1) is 0 Å². The second-order valence-corrected chi connectivity index (χ2v) is 5.52. The molecule has 0 amide bonds. The van der Waals surface area contributed by atoms with Crippen molar-refractivity contribution in [2.75, 3.05) is 27.2 Å². The molecule has 3 heteroatoms. The van der Waals surface area contributed by atoms with Crippen LogP contribution in [0.5, 0.6) is 5.75 Å². The van der Waals surface area contributed by atoms with Crippen LogP contribution in [0.25, 0.3) is 0 Å². The quantitative estimate of drug-likeness (QED) is 0.703. The van der Waals surface area contributed by atoms with Gasteiger partial charge in [-0.2, -0.15) is 0 Å². The van der Waals surface area contributed by atoms with Gasteiger partial charge in [0.2, 0.25) is 0 Å². The number of ether oxygens (including phenoxy) is 1. The molecule has 20 heavy (non-hydrogen) atoms. The number of para-hydroxylation sites is 1. The van der Waals surface area contributed by atoms with Gasteiger partial charge >= 0.3 is 0 Å². The van der Waals surface area contributed by atoms with E-state index in [4.69, 9.17) is 4.74 Å². The van der Waals surface area contributed by atoms with E-state index in [1.165, 1.54) is 12.0 Å². The van der Waals surface area contributed by atoms with Crippen molar-refractivity contribution < 1.29 is 4.74 Å². The first kappa shape index (κ1) is 17.0. The van der Waals surface area contributed by atoms with Gasteiger partial charge in [-0.3, -0.25) is 0 Å². The molecule has 1 aromatic rings. The maximum atomic E-state index is 5.44. The molecule has 0 saturated carbocycles. The first-order valence-corrected chi connectivity index (χ1v) is 7.64. The number of benzene rings is 1. The van der Waals surface area contributed by atoms with E-state index in [0.717, 1.165) is 25.3 Å². The highest BCUT2D eigenvalue weighted by molar-refractivity contribution is 5.33. The zero-order valence-corrected chi connectivity index (χ0v) is 13.6. The van der Waals surface area contributed by atoms with Crippen molar-refractivity contribution >= 4 is 0 Å². The Morgan fingerprint density at radius 1 is 1.20 bits per heavy atom. The molecule has 3 nitrogen and oxygen atoms in total. The Bertz CT molecular complexity index is 381. The van der Waals surface area contributed by atoms with Crippen LogP contribution >= 0.6 is 0 Å². The Balaban J connectivity index is 2.54. The molecule has 0 heterocycles. The largest absolute Gasteiger partial charge is 0.496 e. The molecule has 0 aliphatic heterocycles. The van der Waals surface area contributed by atoms with Crippen LogP contribution < -0.4 is 10.1 Å². The second-order valence-electron chi connectivity index (χ2n) is 5.52. The van der Waals surface area contributed by atoms with Crippen molar-refractivity contribution in [1.29, 1.82) is 0 Å². The molecule has 0 fully saturated rings. The molecular weight excluding hydrogens is 248 g/mol. The lowest BCUT2D eigenvalue weighted by Crippen LogP contribution is -2.39. The topological polar surface area (TPSA) is 24.5 Å². The summed E-state index contributed by atoms with van der Waals surface area (Å²) >= 11 is 0. The third-order valence-electron chi connectivity index (χ3n) is 4.09. The molecule has 2 unspecified atom stereocenters. The highest BCUT2D eigenvalue weighted by Crippen LogP contribution is 2.21. The highest BCUT2D eigenvalue weighted by atomic mass is 16.5. The molecular formula is C17H30N2O. The van der Waals surface area contributed by atoms with Crippen molar-refractivity contribution in [2.24, 2.45) is 0 Å². The molecule has 1 aromatic carbocycles. The van der Waals surface area contributed by atoms with Gasteiger partial charge in [-0.1, -0.05) is 25.1 Å². The summed E-state index contributed by atoms with van der Waals surface area (Å²) in [5.74, 6) is 0.994. The highest BCUT2D eigenvalue weighted by Gasteiger charge is 2.17. The van der Waals surface area contributed by atoms with Crippen LogP contribution in [-0.2, 0) is 6.42 Å². The average Bonchev–Trinajstić information content (AvgIpc) is 2.47. The lowest BCUT2D eigenvalue weighted by Gasteiger charge is -2.31. The van der Waals surface area contributed by atoms with Gasteiger partial charge in [0.05, 0.1) is 7.11 Å². The minimum absolute atomic E-state index is 0.503. The molecule has 0 radical (unpaired) electrons. The van der Waals surface area contributed by atoms with E-state index in [1.54, 1.807) is 7.11 Å². The molecule has 0 aliphatic rings. The standard InChI is InChI=1S/C17H30N2O/c1-6-18-12-11-14(2)19(4)15(3)13-16-9-7-8-10-17(16)20-5/h7-10,14-15,18H,6,11-13H2,1-5H3. The molecule has 2 atom stereocenters. The van der Waals surface area contributed by atoms with Crippen molar-refractivity contribution in [1.82, 2.24) is 10.2 Å². The number of nitrogens with one attached hydrogen (secondary N) is 1. The molecule has 0 saturated heterocycles. The van der Waals surface area contributed by atoms with Crippen molar-refractivity contribution in [2.45, 2.75) is 45.7 Å². The van der Waals surface area contributed by atoms with Gasteiger partial charge in [0.15, 0.2) is 0 Å². The fourth-order valence-electron chi connectivity index (χ4n) is 2.46. The van der Waals surface area contributed by atoms with Crippen molar-refractivity contribution in [3.8, 4) is 5.75 Å². The second kappa shape index (κ2) is 8.98. The van der Waals surface area contributed by atoms with Crippen LogP contribution in [0.4, 0.5) is 0 Å². The Morgan fingerprint density at radius 3 is 2.55 bits per heavy atom. The third-order valence-corrected chi connectivity index (χ3v) is 4.09. The molecule has 114 valence electrons. The van der Waals surface area contributed by atoms with Gasteiger partial charge in [-0.05, 0) is 58.5 Å². The van der Waals surface area contributed by atoms with E-state index >= 15 is 0 Å². The fourth-order valence-corrected chi connectivity index (χ4v) is 2.46. The maximum absolute atomic E-state index is 5.44. The zero-order valence-electron chi connectivity index (χ0n) is 13.6. The normalized spacial score (nSPS) is 14.3.